The molecule has 1 aromatic carbocycles. The third-order valence-corrected chi connectivity index (χ3v) is 4.11. The number of nitrogens with one attached hydrogen (secondary N) is 1. The third-order valence-electron chi connectivity index (χ3n) is 4.11. The molecule has 1 aliphatic heterocycles. The van der Waals surface area contributed by atoms with E-state index in [4.69, 9.17) is 0 Å². The monoisotopic (exact) mass is 245 g/mol. The topological polar surface area (TPSA) is 12.0 Å². The van der Waals surface area contributed by atoms with Crippen LogP contribution in [0.15, 0.2) is 24.3 Å². The van der Waals surface area contributed by atoms with E-state index >= 15 is 0 Å². The highest BCUT2D eigenvalue weighted by Crippen LogP contribution is 2.24. The predicted molar refractivity (Wildman–Crippen MR) is 79.0 cm³/mol. The Kier molecular flexibility index (Phi) is 4.11. The van der Waals surface area contributed by atoms with Crippen molar-refractivity contribution in [3.8, 4) is 0 Å². The predicted octanol–water partition coefficient (Wildman–Crippen LogP) is 3.91. The van der Waals surface area contributed by atoms with Gasteiger partial charge in [0, 0.05) is 6.04 Å². The van der Waals surface area contributed by atoms with Gasteiger partial charge >= 0.3 is 0 Å². The first kappa shape index (κ1) is 13.6. The summed E-state index contributed by atoms with van der Waals surface area (Å²) in [6.45, 7) is 10.3. The van der Waals surface area contributed by atoms with Crippen molar-refractivity contribution < 1.29 is 0 Å². The molecule has 1 aliphatic rings. The molecule has 0 aliphatic carbocycles. The van der Waals surface area contributed by atoms with Crippen LogP contribution in [0.25, 0.3) is 0 Å². The standard InChI is InChI=1S/C17H27N/c1-13-5-6-15(12-18-13)11-14-7-9-16(10-8-14)17(2,3)4/h7-10,13,15,18H,5-6,11-12H2,1-4H3. The third kappa shape index (κ3) is 3.58. The number of rotatable bonds is 2. The van der Waals surface area contributed by atoms with Crippen LogP contribution in [0.1, 0.15) is 51.7 Å². The van der Waals surface area contributed by atoms with Gasteiger partial charge in [-0.1, -0.05) is 45.0 Å². The summed E-state index contributed by atoms with van der Waals surface area (Å²) in [6, 6.07) is 9.95. The van der Waals surface area contributed by atoms with Crippen LogP contribution in [0.4, 0.5) is 0 Å². The zero-order chi connectivity index (χ0) is 13.2. The van der Waals surface area contributed by atoms with Gasteiger partial charge in [0.1, 0.15) is 0 Å². The van der Waals surface area contributed by atoms with Crippen LogP contribution in [-0.2, 0) is 11.8 Å². The fourth-order valence-corrected chi connectivity index (χ4v) is 2.71. The van der Waals surface area contributed by atoms with Crippen molar-refractivity contribution in [1.29, 1.82) is 0 Å². The molecule has 0 amide bonds. The number of piperidine rings is 1. The molecule has 1 nitrogen and oxygen atoms in total. The van der Waals surface area contributed by atoms with E-state index in [1.165, 1.54) is 36.9 Å². The van der Waals surface area contributed by atoms with Gasteiger partial charge in [-0.2, -0.15) is 0 Å². The summed E-state index contributed by atoms with van der Waals surface area (Å²) in [5.74, 6) is 0.821. The Morgan fingerprint density at radius 1 is 1.11 bits per heavy atom. The first-order chi connectivity index (χ1) is 8.45. The van der Waals surface area contributed by atoms with Crippen molar-refractivity contribution in [3.05, 3.63) is 35.4 Å². The molecule has 2 unspecified atom stereocenters. The summed E-state index contributed by atoms with van der Waals surface area (Å²) in [5, 5.41) is 3.59. The average Bonchev–Trinajstić information content (AvgIpc) is 2.32. The molecular formula is C17H27N. The van der Waals surface area contributed by atoms with E-state index < -0.39 is 0 Å². The normalized spacial score (nSPS) is 25.1. The largest absolute Gasteiger partial charge is 0.314 e. The average molecular weight is 245 g/mol. The number of hydrogen-bond donors (Lipinski definition) is 1. The SMILES string of the molecule is CC1CCC(Cc2ccc(C(C)(C)C)cc2)CN1. The van der Waals surface area contributed by atoms with Crippen molar-refractivity contribution in [2.24, 2.45) is 5.92 Å². The van der Waals surface area contributed by atoms with Gasteiger partial charge in [-0.05, 0) is 55.2 Å². The van der Waals surface area contributed by atoms with E-state index in [1.807, 2.05) is 0 Å². The van der Waals surface area contributed by atoms with Gasteiger partial charge in [-0.25, -0.2) is 0 Å². The van der Waals surface area contributed by atoms with Gasteiger partial charge in [0.15, 0.2) is 0 Å². The highest BCUT2D eigenvalue weighted by molar-refractivity contribution is 5.27. The molecule has 1 fully saturated rings. The Labute approximate surface area is 112 Å². The summed E-state index contributed by atoms with van der Waals surface area (Å²) in [4.78, 5) is 0. The summed E-state index contributed by atoms with van der Waals surface area (Å²) in [7, 11) is 0. The molecule has 1 heteroatoms. The molecule has 0 spiro atoms. The smallest absolute Gasteiger partial charge is 0.00389 e. The molecule has 2 atom stereocenters. The molecule has 1 N–H and O–H groups in total. The molecule has 1 heterocycles. The summed E-state index contributed by atoms with van der Waals surface area (Å²) < 4.78 is 0. The van der Waals surface area contributed by atoms with Crippen LogP contribution in [-0.4, -0.2) is 12.6 Å². The lowest BCUT2D eigenvalue weighted by molar-refractivity contribution is 0.322. The highest BCUT2D eigenvalue weighted by atomic mass is 14.9. The van der Waals surface area contributed by atoms with Crippen molar-refractivity contribution in [2.75, 3.05) is 6.54 Å². The van der Waals surface area contributed by atoms with Crippen molar-refractivity contribution in [2.45, 2.75) is 58.4 Å². The minimum atomic E-state index is 0.264. The van der Waals surface area contributed by atoms with Gasteiger partial charge in [0.25, 0.3) is 0 Å². The lowest BCUT2D eigenvalue weighted by Gasteiger charge is -2.28. The quantitative estimate of drug-likeness (QED) is 0.833. The Morgan fingerprint density at radius 2 is 1.78 bits per heavy atom. The zero-order valence-electron chi connectivity index (χ0n) is 12.3. The molecule has 0 aromatic heterocycles. The molecule has 1 aromatic rings. The van der Waals surface area contributed by atoms with Crippen LogP contribution in [0.5, 0.6) is 0 Å². The van der Waals surface area contributed by atoms with Gasteiger partial charge < -0.3 is 5.32 Å². The zero-order valence-corrected chi connectivity index (χ0v) is 12.3. The van der Waals surface area contributed by atoms with E-state index in [0.29, 0.717) is 6.04 Å². The first-order valence-electron chi connectivity index (χ1n) is 7.28. The second kappa shape index (κ2) is 5.44. The van der Waals surface area contributed by atoms with Crippen molar-refractivity contribution >= 4 is 0 Å². The van der Waals surface area contributed by atoms with E-state index in [0.717, 1.165) is 5.92 Å². The Morgan fingerprint density at radius 3 is 2.28 bits per heavy atom. The second-order valence-electron chi connectivity index (χ2n) is 6.90. The fraction of sp³-hybridized carbons (Fsp3) is 0.647. The van der Waals surface area contributed by atoms with Crippen LogP contribution >= 0.6 is 0 Å². The summed E-state index contributed by atoms with van der Waals surface area (Å²) in [5.41, 5.74) is 3.19. The minimum Gasteiger partial charge on any atom is -0.314 e. The van der Waals surface area contributed by atoms with Crippen LogP contribution in [0, 0.1) is 5.92 Å². The molecule has 2 rings (SSSR count). The van der Waals surface area contributed by atoms with E-state index in [1.54, 1.807) is 0 Å². The Balaban J connectivity index is 1.94. The van der Waals surface area contributed by atoms with Gasteiger partial charge in [0.2, 0.25) is 0 Å². The Bertz CT molecular complexity index is 364. The van der Waals surface area contributed by atoms with Crippen LogP contribution < -0.4 is 5.32 Å². The van der Waals surface area contributed by atoms with E-state index in [9.17, 15) is 0 Å². The molecule has 0 saturated carbocycles. The molecule has 1 saturated heterocycles. The van der Waals surface area contributed by atoms with Gasteiger partial charge in [0.05, 0.1) is 0 Å². The molecule has 18 heavy (non-hydrogen) atoms. The molecule has 0 radical (unpaired) electrons. The summed E-state index contributed by atoms with van der Waals surface area (Å²) in [6.07, 6.45) is 3.92. The lowest BCUT2D eigenvalue weighted by Crippen LogP contribution is -2.37. The first-order valence-corrected chi connectivity index (χ1v) is 7.28. The van der Waals surface area contributed by atoms with Gasteiger partial charge in [-0.3, -0.25) is 0 Å². The minimum absolute atomic E-state index is 0.264. The molecule has 0 bridgehead atoms. The van der Waals surface area contributed by atoms with Gasteiger partial charge in [-0.15, -0.1) is 0 Å². The number of hydrogen-bond acceptors (Lipinski definition) is 1. The maximum Gasteiger partial charge on any atom is 0.00389 e. The molecule has 100 valence electrons. The van der Waals surface area contributed by atoms with Crippen LogP contribution in [0.2, 0.25) is 0 Å². The maximum atomic E-state index is 3.59. The van der Waals surface area contributed by atoms with Crippen molar-refractivity contribution in [1.82, 2.24) is 5.32 Å². The maximum absolute atomic E-state index is 3.59. The molecular weight excluding hydrogens is 218 g/mol. The van der Waals surface area contributed by atoms with Crippen LogP contribution in [0.3, 0.4) is 0 Å². The van der Waals surface area contributed by atoms with E-state index in [-0.39, 0.29) is 5.41 Å². The number of benzene rings is 1. The highest BCUT2D eigenvalue weighted by Gasteiger charge is 2.18. The lowest BCUT2D eigenvalue weighted by atomic mass is 9.85. The van der Waals surface area contributed by atoms with E-state index in [2.05, 4.69) is 57.3 Å². The fourth-order valence-electron chi connectivity index (χ4n) is 2.71. The Hall–Kier alpha value is -0.820. The van der Waals surface area contributed by atoms with Crippen molar-refractivity contribution in [3.63, 3.8) is 0 Å². The summed E-state index contributed by atoms with van der Waals surface area (Å²) >= 11 is 0. The second-order valence-corrected chi connectivity index (χ2v) is 6.90.